The van der Waals surface area contributed by atoms with Crippen molar-refractivity contribution in [3.63, 3.8) is 0 Å². The number of nitrogens with zero attached hydrogens (tertiary/aromatic N) is 3. The van der Waals surface area contributed by atoms with Crippen LogP contribution in [0.25, 0.3) is 10.9 Å². The maximum Gasteiger partial charge on any atom is 0.251 e. The van der Waals surface area contributed by atoms with Gasteiger partial charge in [-0.1, -0.05) is 0 Å². The van der Waals surface area contributed by atoms with Gasteiger partial charge < -0.3 is 30.2 Å². The Morgan fingerprint density at radius 2 is 1.97 bits per heavy atom. The summed E-state index contributed by atoms with van der Waals surface area (Å²) in [5.74, 6) is 1.44. The van der Waals surface area contributed by atoms with Gasteiger partial charge in [0.05, 0.1) is 34.5 Å². The number of ether oxygens (including phenoxy) is 1. The molecule has 2 amide bonds. The number of fused-ring (bicyclic) bond motifs is 2. The quantitative estimate of drug-likeness (QED) is 0.401. The van der Waals surface area contributed by atoms with Crippen molar-refractivity contribution in [3.8, 4) is 5.75 Å². The fraction of sp³-hybridized carbons (Fsp3) is 0.407. The summed E-state index contributed by atoms with van der Waals surface area (Å²) in [7, 11) is 3.15. The van der Waals surface area contributed by atoms with E-state index in [0.29, 0.717) is 47.5 Å². The summed E-state index contributed by atoms with van der Waals surface area (Å²) in [5.41, 5.74) is 1.77. The zero-order valence-corrected chi connectivity index (χ0v) is 22.4. The predicted octanol–water partition coefficient (Wildman–Crippen LogP) is 2.06. The fourth-order valence-electron chi connectivity index (χ4n) is 4.99. The van der Waals surface area contributed by atoms with Crippen molar-refractivity contribution in [1.29, 1.82) is 0 Å². The van der Waals surface area contributed by atoms with Crippen molar-refractivity contribution >= 4 is 40.3 Å². The van der Waals surface area contributed by atoms with Gasteiger partial charge in [0.2, 0.25) is 5.91 Å². The van der Waals surface area contributed by atoms with E-state index in [-0.39, 0.29) is 17.4 Å². The fourth-order valence-corrected chi connectivity index (χ4v) is 5.75. The highest BCUT2D eigenvalue weighted by molar-refractivity contribution is 8.00. The van der Waals surface area contributed by atoms with Crippen LogP contribution in [0, 0.1) is 0 Å². The van der Waals surface area contributed by atoms with Gasteiger partial charge in [-0.25, -0.2) is 4.98 Å². The lowest BCUT2D eigenvalue weighted by molar-refractivity contribution is -0.113. The number of nitrogens with one attached hydrogen (secondary N) is 3. The number of carbonyl (C=O) groups excluding carboxylic acids is 2. The third-order valence-corrected chi connectivity index (χ3v) is 8.17. The highest BCUT2D eigenvalue weighted by Gasteiger charge is 2.21. The number of thioether (sulfide) groups is 1. The third-order valence-electron chi connectivity index (χ3n) is 7.12. The maximum absolute atomic E-state index is 13.0. The van der Waals surface area contributed by atoms with Gasteiger partial charge in [-0.15, -0.1) is 11.8 Å². The number of anilines is 1. The van der Waals surface area contributed by atoms with E-state index in [4.69, 9.17) is 4.74 Å². The van der Waals surface area contributed by atoms with Crippen molar-refractivity contribution in [1.82, 2.24) is 25.1 Å². The van der Waals surface area contributed by atoms with Gasteiger partial charge in [0.1, 0.15) is 11.6 Å². The molecule has 0 spiro atoms. The van der Waals surface area contributed by atoms with Gasteiger partial charge in [0, 0.05) is 50.2 Å². The number of carbonyl (C=O) groups is 2. The molecule has 10 nitrogen and oxygen atoms in total. The second kappa shape index (κ2) is 11.5. The number of benzene rings is 1. The summed E-state index contributed by atoms with van der Waals surface area (Å²) >= 11 is 1.52. The SMILES string of the molecule is CNC(=O)c1cc(=O)n(CCN2CCC(NCc3ccc4c(n3)NC(=O)CS4)CC2)c2cc(OC)ccc12. The minimum absolute atomic E-state index is 0.00993. The first-order chi connectivity index (χ1) is 18.4. The molecule has 4 heterocycles. The minimum Gasteiger partial charge on any atom is -0.497 e. The molecule has 11 heteroatoms. The first kappa shape index (κ1) is 26.2. The van der Waals surface area contributed by atoms with Crippen LogP contribution in [0.1, 0.15) is 28.9 Å². The average Bonchev–Trinajstić information content (AvgIpc) is 2.94. The number of piperidine rings is 1. The van der Waals surface area contributed by atoms with Crippen LogP contribution in [-0.4, -0.2) is 71.9 Å². The molecule has 0 radical (unpaired) electrons. The second-order valence-electron chi connectivity index (χ2n) is 9.49. The molecule has 38 heavy (non-hydrogen) atoms. The number of amides is 2. The summed E-state index contributed by atoms with van der Waals surface area (Å²) in [6.07, 6.45) is 1.99. The number of aromatic nitrogens is 2. The Hall–Kier alpha value is -3.41. The monoisotopic (exact) mass is 536 g/mol. The molecule has 0 atom stereocenters. The van der Waals surface area contributed by atoms with Crippen LogP contribution in [0.2, 0.25) is 0 Å². The Labute approximate surface area is 225 Å². The zero-order valence-electron chi connectivity index (χ0n) is 21.6. The Morgan fingerprint density at radius 3 is 2.74 bits per heavy atom. The van der Waals surface area contributed by atoms with Gasteiger partial charge in [0.15, 0.2) is 0 Å². The van der Waals surface area contributed by atoms with Gasteiger partial charge in [0.25, 0.3) is 11.5 Å². The van der Waals surface area contributed by atoms with Gasteiger partial charge in [-0.3, -0.25) is 14.4 Å². The highest BCUT2D eigenvalue weighted by atomic mass is 32.2. The van der Waals surface area contributed by atoms with Crippen LogP contribution >= 0.6 is 11.8 Å². The molecule has 0 unspecified atom stereocenters. The van der Waals surface area contributed by atoms with Crippen LogP contribution in [0.5, 0.6) is 5.75 Å². The van der Waals surface area contributed by atoms with E-state index in [0.717, 1.165) is 48.5 Å². The lowest BCUT2D eigenvalue weighted by Crippen LogP contribution is -2.43. The lowest BCUT2D eigenvalue weighted by atomic mass is 10.0. The normalized spacial score (nSPS) is 16.2. The molecule has 3 aromatic rings. The van der Waals surface area contributed by atoms with Crippen LogP contribution < -0.4 is 26.2 Å². The van der Waals surface area contributed by atoms with Crippen molar-refractivity contribution in [3.05, 3.63) is 58.0 Å². The summed E-state index contributed by atoms with van der Waals surface area (Å²) in [4.78, 5) is 45.0. The van der Waals surface area contributed by atoms with E-state index in [1.807, 2.05) is 24.3 Å². The number of hydrogen-bond acceptors (Lipinski definition) is 8. The van der Waals surface area contributed by atoms with E-state index < -0.39 is 0 Å². The van der Waals surface area contributed by atoms with E-state index >= 15 is 0 Å². The first-order valence-corrected chi connectivity index (χ1v) is 13.8. The van der Waals surface area contributed by atoms with E-state index in [1.54, 1.807) is 24.8 Å². The number of methoxy groups -OCH3 is 1. The molecule has 2 aromatic heterocycles. The molecule has 0 bridgehead atoms. The van der Waals surface area contributed by atoms with Crippen molar-refractivity contribution in [2.45, 2.75) is 36.9 Å². The van der Waals surface area contributed by atoms with Crippen LogP contribution in [0.4, 0.5) is 5.82 Å². The van der Waals surface area contributed by atoms with Gasteiger partial charge in [-0.2, -0.15) is 0 Å². The highest BCUT2D eigenvalue weighted by Crippen LogP contribution is 2.29. The van der Waals surface area contributed by atoms with Gasteiger partial charge in [-0.05, 0) is 50.2 Å². The molecule has 3 N–H and O–H groups in total. The molecule has 1 fully saturated rings. The molecule has 1 saturated heterocycles. The Balaban J connectivity index is 1.19. The topological polar surface area (TPSA) is 118 Å². The smallest absolute Gasteiger partial charge is 0.251 e. The molecule has 2 aliphatic heterocycles. The molecule has 0 saturated carbocycles. The third kappa shape index (κ3) is 5.69. The largest absolute Gasteiger partial charge is 0.497 e. The minimum atomic E-state index is -0.284. The summed E-state index contributed by atoms with van der Waals surface area (Å²) < 4.78 is 7.11. The Morgan fingerprint density at radius 1 is 1.16 bits per heavy atom. The molecule has 0 aliphatic carbocycles. The molecule has 200 valence electrons. The summed E-state index contributed by atoms with van der Waals surface area (Å²) in [5, 5.41) is 9.79. The standard InChI is InChI=1S/C27H32N6O4S/c1-28-27(36)21-14-25(35)33(22-13-19(37-2)4-5-20(21)22)12-11-32-9-7-17(8-10-32)29-15-18-3-6-23-26(30-18)31-24(34)16-38-23/h3-6,13-14,17,29H,7-12,15-16H2,1-2H3,(H,28,36)(H,30,31,34). The number of hydrogen-bond donors (Lipinski definition) is 3. The van der Waals surface area contributed by atoms with E-state index in [1.165, 1.54) is 17.8 Å². The number of likely N-dealkylation sites (tertiary alicyclic amines) is 1. The average molecular weight is 537 g/mol. The molecule has 5 rings (SSSR count). The van der Waals surface area contributed by atoms with Crippen molar-refractivity contribution < 1.29 is 14.3 Å². The summed E-state index contributed by atoms with van der Waals surface area (Å²) in [6.45, 7) is 3.77. The van der Waals surface area contributed by atoms with Crippen molar-refractivity contribution in [2.24, 2.45) is 0 Å². The van der Waals surface area contributed by atoms with E-state index in [2.05, 4.69) is 25.8 Å². The second-order valence-corrected chi connectivity index (χ2v) is 10.5. The van der Waals surface area contributed by atoms with Crippen LogP contribution in [0.3, 0.4) is 0 Å². The maximum atomic E-state index is 13.0. The van der Waals surface area contributed by atoms with E-state index in [9.17, 15) is 14.4 Å². The molecule has 2 aliphatic rings. The predicted molar refractivity (Wildman–Crippen MR) is 148 cm³/mol. The Bertz CT molecular complexity index is 1420. The van der Waals surface area contributed by atoms with Crippen LogP contribution in [0.15, 0.2) is 46.1 Å². The van der Waals surface area contributed by atoms with Crippen LogP contribution in [-0.2, 0) is 17.9 Å². The zero-order chi connectivity index (χ0) is 26.6. The Kier molecular flexibility index (Phi) is 7.96. The first-order valence-electron chi connectivity index (χ1n) is 12.8. The molecule has 1 aromatic carbocycles. The van der Waals surface area contributed by atoms with Gasteiger partial charge >= 0.3 is 0 Å². The molecular weight excluding hydrogens is 504 g/mol. The molecular formula is C27H32N6O4S. The van der Waals surface area contributed by atoms with Crippen molar-refractivity contribution in [2.75, 3.05) is 44.9 Å². The number of pyridine rings is 2. The lowest BCUT2D eigenvalue weighted by Gasteiger charge is -2.32. The summed E-state index contributed by atoms with van der Waals surface area (Å²) in [6, 6.07) is 11.3. The number of rotatable bonds is 8.